The van der Waals surface area contributed by atoms with Crippen LogP contribution in [0.25, 0.3) is 0 Å². The van der Waals surface area contributed by atoms with Crippen LogP contribution in [0, 0.1) is 11.8 Å². The number of rotatable bonds is 10. The van der Waals surface area contributed by atoms with Crippen LogP contribution < -0.4 is 10.6 Å². The minimum absolute atomic E-state index is 0.150. The van der Waals surface area contributed by atoms with Crippen molar-refractivity contribution in [1.82, 2.24) is 10.6 Å². The van der Waals surface area contributed by atoms with E-state index in [4.69, 9.17) is 4.74 Å². The zero-order chi connectivity index (χ0) is 17.2. The van der Waals surface area contributed by atoms with E-state index in [-0.39, 0.29) is 6.10 Å². The van der Waals surface area contributed by atoms with Gasteiger partial charge in [-0.05, 0) is 63.1 Å². The van der Waals surface area contributed by atoms with E-state index in [1.165, 1.54) is 37.9 Å². The van der Waals surface area contributed by atoms with Gasteiger partial charge in [-0.3, -0.25) is 0 Å². The van der Waals surface area contributed by atoms with Gasteiger partial charge in [0.25, 0.3) is 0 Å². The van der Waals surface area contributed by atoms with E-state index < -0.39 is 0 Å². The molecule has 2 rings (SSSR count). The highest BCUT2D eigenvalue weighted by atomic mass is 16.5. The molecule has 3 unspecified atom stereocenters. The molecule has 0 aliphatic carbocycles. The first-order chi connectivity index (χ1) is 11.6. The summed E-state index contributed by atoms with van der Waals surface area (Å²) in [5, 5.41) is 7.23. The van der Waals surface area contributed by atoms with Crippen LogP contribution in [0.5, 0.6) is 0 Å². The smallest absolute Gasteiger partial charge is 0.0949 e. The van der Waals surface area contributed by atoms with Gasteiger partial charge in [0.15, 0.2) is 0 Å². The molecule has 0 bridgehead atoms. The Labute approximate surface area is 148 Å². The molecule has 1 heterocycles. The predicted octanol–water partition coefficient (Wildman–Crippen LogP) is 4.16. The topological polar surface area (TPSA) is 33.3 Å². The summed E-state index contributed by atoms with van der Waals surface area (Å²) in [5.41, 5.74) is 1.28. The third-order valence-electron chi connectivity index (χ3n) is 4.92. The second kappa shape index (κ2) is 10.9. The highest BCUT2D eigenvalue weighted by molar-refractivity contribution is 5.18. The van der Waals surface area contributed by atoms with Gasteiger partial charge in [0.05, 0.1) is 6.10 Å². The second-order valence-corrected chi connectivity index (χ2v) is 7.71. The zero-order valence-electron chi connectivity index (χ0n) is 15.8. The lowest BCUT2D eigenvalue weighted by Gasteiger charge is -2.27. The summed E-state index contributed by atoms with van der Waals surface area (Å²) < 4.78 is 6.20. The Balaban J connectivity index is 1.80. The summed E-state index contributed by atoms with van der Waals surface area (Å²) >= 11 is 0. The summed E-state index contributed by atoms with van der Waals surface area (Å²) in [5.74, 6) is 1.50. The monoisotopic (exact) mass is 332 g/mol. The van der Waals surface area contributed by atoms with Crippen molar-refractivity contribution in [3.8, 4) is 0 Å². The normalized spacial score (nSPS) is 20.9. The van der Waals surface area contributed by atoms with E-state index >= 15 is 0 Å². The van der Waals surface area contributed by atoms with Crippen molar-refractivity contribution in [2.75, 3.05) is 26.2 Å². The van der Waals surface area contributed by atoms with Crippen molar-refractivity contribution >= 4 is 0 Å². The van der Waals surface area contributed by atoms with Gasteiger partial charge in [0.2, 0.25) is 0 Å². The van der Waals surface area contributed by atoms with E-state index in [1.807, 2.05) is 0 Å². The van der Waals surface area contributed by atoms with E-state index in [9.17, 15) is 0 Å². The van der Waals surface area contributed by atoms with Gasteiger partial charge in [-0.25, -0.2) is 0 Å². The maximum Gasteiger partial charge on any atom is 0.0949 e. The summed E-state index contributed by atoms with van der Waals surface area (Å²) in [6, 6.07) is 11.2. The minimum Gasteiger partial charge on any atom is -0.372 e. The van der Waals surface area contributed by atoms with Crippen LogP contribution in [0.3, 0.4) is 0 Å². The zero-order valence-corrected chi connectivity index (χ0v) is 15.8. The van der Waals surface area contributed by atoms with Gasteiger partial charge in [-0.15, -0.1) is 0 Å². The summed E-state index contributed by atoms with van der Waals surface area (Å²) in [6.07, 6.45) is 5.21. The van der Waals surface area contributed by atoms with Crippen molar-refractivity contribution in [3.63, 3.8) is 0 Å². The maximum absolute atomic E-state index is 6.20. The van der Waals surface area contributed by atoms with Crippen LogP contribution in [-0.2, 0) is 4.74 Å². The van der Waals surface area contributed by atoms with Gasteiger partial charge in [-0.1, -0.05) is 44.2 Å². The number of hydrogen-bond donors (Lipinski definition) is 2. The van der Waals surface area contributed by atoms with Crippen LogP contribution in [0.4, 0.5) is 0 Å². The fourth-order valence-corrected chi connectivity index (χ4v) is 3.40. The average molecular weight is 333 g/mol. The Kier molecular flexibility index (Phi) is 8.79. The van der Waals surface area contributed by atoms with Crippen LogP contribution in [-0.4, -0.2) is 32.3 Å². The molecule has 1 aliphatic heterocycles. The molecular weight excluding hydrogens is 296 g/mol. The molecule has 0 aromatic heterocycles. The summed E-state index contributed by atoms with van der Waals surface area (Å²) in [6.45, 7) is 10.9. The van der Waals surface area contributed by atoms with Crippen LogP contribution >= 0.6 is 0 Å². The second-order valence-electron chi connectivity index (χ2n) is 7.71. The summed E-state index contributed by atoms with van der Waals surface area (Å²) in [4.78, 5) is 0. The Morgan fingerprint density at radius 1 is 1.21 bits per heavy atom. The third-order valence-corrected chi connectivity index (χ3v) is 4.92. The van der Waals surface area contributed by atoms with Crippen molar-refractivity contribution in [2.45, 2.75) is 58.6 Å². The van der Waals surface area contributed by atoms with E-state index in [0.29, 0.717) is 12.0 Å². The van der Waals surface area contributed by atoms with Crippen molar-refractivity contribution in [3.05, 3.63) is 35.9 Å². The Bertz CT molecular complexity index is 429. The first-order valence-electron chi connectivity index (χ1n) is 9.75. The molecular formula is C21H36N2O. The molecule has 136 valence electrons. The van der Waals surface area contributed by atoms with Gasteiger partial charge in [-0.2, -0.15) is 0 Å². The maximum atomic E-state index is 6.20. The molecule has 0 amide bonds. The minimum atomic E-state index is 0.150. The molecule has 0 spiro atoms. The molecule has 1 aromatic rings. The lowest BCUT2D eigenvalue weighted by Crippen LogP contribution is -2.37. The Morgan fingerprint density at radius 3 is 2.67 bits per heavy atom. The molecule has 0 saturated carbocycles. The van der Waals surface area contributed by atoms with Crippen molar-refractivity contribution < 1.29 is 4.74 Å². The molecule has 1 aromatic carbocycles. The lowest BCUT2D eigenvalue weighted by atomic mass is 9.93. The largest absolute Gasteiger partial charge is 0.372 e. The summed E-state index contributed by atoms with van der Waals surface area (Å²) in [7, 11) is 0. The lowest BCUT2D eigenvalue weighted by molar-refractivity contribution is 0.0436. The first-order valence-corrected chi connectivity index (χ1v) is 9.75. The number of ether oxygens (including phenoxy) is 1. The molecule has 2 N–H and O–H groups in total. The highest BCUT2D eigenvalue weighted by Crippen LogP contribution is 2.19. The van der Waals surface area contributed by atoms with Gasteiger partial charge >= 0.3 is 0 Å². The molecule has 3 atom stereocenters. The molecule has 24 heavy (non-hydrogen) atoms. The first kappa shape index (κ1) is 19.4. The Hall–Kier alpha value is -0.900. The number of piperidine rings is 1. The predicted molar refractivity (Wildman–Crippen MR) is 102 cm³/mol. The average Bonchev–Trinajstić information content (AvgIpc) is 2.59. The fourth-order valence-electron chi connectivity index (χ4n) is 3.40. The van der Waals surface area contributed by atoms with Crippen LogP contribution in [0.2, 0.25) is 0 Å². The SMILES string of the molecule is CC(C)CCOC(CNC(C)CC1CCCNC1)c1ccccc1. The standard InChI is InChI=1S/C21H36N2O/c1-17(2)11-13-24-21(20-9-5-4-6-10-20)16-23-18(3)14-19-8-7-12-22-15-19/h4-6,9-10,17-19,21-23H,7-8,11-16H2,1-3H3. The van der Waals surface area contributed by atoms with Crippen LogP contribution in [0.1, 0.15) is 58.1 Å². The van der Waals surface area contributed by atoms with Crippen molar-refractivity contribution in [1.29, 1.82) is 0 Å². The van der Waals surface area contributed by atoms with Crippen LogP contribution in [0.15, 0.2) is 30.3 Å². The van der Waals surface area contributed by atoms with E-state index in [1.54, 1.807) is 0 Å². The van der Waals surface area contributed by atoms with Crippen molar-refractivity contribution in [2.24, 2.45) is 11.8 Å². The number of nitrogens with one attached hydrogen (secondary N) is 2. The number of benzene rings is 1. The molecule has 1 saturated heterocycles. The molecule has 1 fully saturated rings. The fraction of sp³-hybridized carbons (Fsp3) is 0.714. The quantitative estimate of drug-likeness (QED) is 0.675. The Morgan fingerprint density at radius 2 is 2.00 bits per heavy atom. The van der Waals surface area contributed by atoms with Gasteiger partial charge < -0.3 is 15.4 Å². The molecule has 0 radical (unpaired) electrons. The number of hydrogen-bond acceptors (Lipinski definition) is 3. The van der Waals surface area contributed by atoms with E-state index in [2.05, 4.69) is 61.7 Å². The van der Waals surface area contributed by atoms with Gasteiger partial charge in [0.1, 0.15) is 0 Å². The van der Waals surface area contributed by atoms with E-state index in [0.717, 1.165) is 25.5 Å². The molecule has 3 heteroatoms. The molecule has 1 aliphatic rings. The third kappa shape index (κ3) is 7.33. The highest BCUT2D eigenvalue weighted by Gasteiger charge is 2.18. The van der Waals surface area contributed by atoms with Gasteiger partial charge in [0, 0.05) is 19.2 Å². The molecule has 3 nitrogen and oxygen atoms in total.